The van der Waals surface area contributed by atoms with Crippen molar-refractivity contribution in [3.8, 4) is 0 Å². The molecule has 3 rings (SSSR count). The van der Waals surface area contributed by atoms with Gasteiger partial charge in [0.25, 0.3) is 0 Å². The first-order valence-electron chi connectivity index (χ1n) is 10.4. The van der Waals surface area contributed by atoms with E-state index < -0.39 is 0 Å². The second kappa shape index (κ2) is 16.6. The lowest BCUT2D eigenvalue weighted by Gasteiger charge is -2.34. The third-order valence-electron chi connectivity index (χ3n) is 5.32. The Hall–Kier alpha value is 0.01000. The number of hydrogen-bond donors (Lipinski definition) is 0. The summed E-state index contributed by atoms with van der Waals surface area (Å²) in [5.41, 5.74) is 2.69. The van der Waals surface area contributed by atoms with Crippen molar-refractivity contribution < 1.29 is 0 Å². The zero-order valence-electron chi connectivity index (χ0n) is 18.2. The number of piperazine rings is 1. The SMILES string of the molecule is Br.Br.Br.CCCN1CCN(c2nc(CCN(C)CCCc3ccccc3)cs2)CC1. The van der Waals surface area contributed by atoms with Gasteiger partial charge in [-0.1, -0.05) is 37.3 Å². The molecule has 1 aliphatic rings. The Morgan fingerprint density at radius 1 is 0.967 bits per heavy atom. The first-order chi connectivity index (χ1) is 13.2. The molecule has 0 aliphatic carbocycles. The molecule has 2 aromatic rings. The number of thiazole rings is 1. The first-order valence-corrected chi connectivity index (χ1v) is 11.3. The Morgan fingerprint density at radius 3 is 2.33 bits per heavy atom. The summed E-state index contributed by atoms with van der Waals surface area (Å²) in [6, 6.07) is 10.8. The van der Waals surface area contributed by atoms with E-state index in [0.29, 0.717) is 0 Å². The van der Waals surface area contributed by atoms with E-state index in [1.54, 1.807) is 0 Å². The maximum absolute atomic E-state index is 4.90. The highest BCUT2D eigenvalue weighted by atomic mass is 79.9. The minimum absolute atomic E-state index is 0. The Balaban J connectivity index is 0.00000280. The smallest absolute Gasteiger partial charge is 0.185 e. The number of likely N-dealkylation sites (N-methyl/N-ethyl adjacent to an activating group) is 1. The Kier molecular flexibility index (Phi) is 16.6. The van der Waals surface area contributed by atoms with Crippen molar-refractivity contribution in [2.75, 3.05) is 57.8 Å². The Morgan fingerprint density at radius 2 is 1.67 bits per heavy atom. The summed E-state index contributed by atoms with van der Waals surface area (Å²) < 4.78 is 0. The summed E-state index contributed by atoms with van der Waals surface area (Å²) >= 11 is 1.82. The van der Waals surface area contributed by atoms with Crippen LogP contribution in [-0.2, 0) is 12.8 Å². The van der Waals surface area contributed by atoms with E-state index in [4.69, 9.17) is 4.98 Å². The van der Waals surface area contributed by atoms with Crippen molar-refractivity contribution in [3.63, 3.8) is 0 Å². The van der Waals surface area contributed by atoms with Gasteiger partial charge < -0.3 is 9.80 Å². The molecule has 0 atom stereocenters. The molecule has 30 heavy (non-hydrogen) atoms. The second-order valence-electron chi connectivity index (χ2n) is 7.59. The number of anilines is 1. The highest BCUT2D eigenvalue weighted by molar-refractivity contribution is 8.93. The van der Waals surface area contributed by atoms with Crippen LogP contribution in [0.15, 0.2) is 35.7 Å². The summed E-state index contributed by atoms with van der Waals surface area (Å²) in [5, 5.41) is 3.47. The lowest BCUT2D eigenvalue weighted by Crippen LogP contribution is -2.46. The van der Waals surface area contributed by atoms with Crippen molar-refractivity contribution in [1.82, 2.24) is 14.8 Å². The normalized spacial score (nSPS) is 14.0. The van der Waals surface area contributed by atoms with Crippen LogP contribution in [0.3, 0.4) is 0 Å². The molecule has 1 aromatic carbocycles. The first kappa shape index (κ1) is 30.0. The minimum atomic E-state index is 0. The van der Waals surface area contributed by atoms with Crippen LogP contribution in [-0.4, -0.2) is 67.6 Å². The predicted molar refractivity (Wildman–Crippen MR) is 148 cm³/mol. The molecule has 0 radical (unpaired) electrons. The zero-order chi connectivity index (χ0) is 18.9. The maximum Gasteiger partial charge on any atom is 0.185 e. The van der Waals surface area contributed by atoms with E-state index in [1.807, 2.05) is 11.3 Å². The van der Waals surface area contributed by atoms with Gasteiger partial charge in [-0.05, 0) is 45.0 Å². The molecular weight excluding hydrogens is 592 g/mol. The summed E-state index contributed by atoms with van der Waals surface area (Å²) in [6.07, 6.45) is 4.68. The van der Waals surface area contributed by atoms with Crippen molar-refractivity contribution in [2.24, 2.45) is 0 Å². The van der Waals surface area contributed by atoms with Gasteiger partial charge in [-0.2, -0.15) is 0 Å². The number of rotatable bonds is 10. The second-order valence-corrected chi connectivity index (χ2v) is 8.43. The molecule has 1 aliphatic heterocycles. The molecule has 4 nitrogen and oxygen atoms in total. The molecule has 1 fully saturated rings. The van der Waals surface area contributed by atoms with E-state index >= 15 is 0 Å². The van der Waals surface area contributed by atoms with Gasteiger partial charge in [-0.25, -0.2) is 4.98 Å². The predicted octanol–water partition coefficient (Wildman–Crippen LogP) is 5.52. The van der Waals surface area contributed by atoms with Gasteiger partial charge in [0.2, 0.25) is 0 Å². The van der Waals surface area contributed by atoms with Gasteiger partial charge in [0.05, 0.1) is 5.69 Å². The van der Waals surface area contributed by atoms with Crippen LogP contribution in [0.2, 0.25) is 0 Å². The lowest BCUT2D eigenvalue weighted by molar-refractivity contribution is 0.258. The molecule has 172 valence electrons. The molecule has 0 amide bonds. The number of aryl methyl sites for hydroxylation is 1. The zero-order valence-corrected chi connectivity index (χ0v) is 24.1. The average Bonchev–Trinajstić information content (AvgIpc) is 3.17. The number of benzene rings is 1. The van der Waals surface area contributed by atoms with E-state index in [0.717, 1.165) is 39.0 Å². The van der Waals surface area contributed by atoms with Crippen LogP contribution in [0.1, 0.15) is 31.0 Å². The van der Waals surface area contributed by atoms with Gasteiger partial charge in [0, 0.05) is 44.5 Å². The maximum atomic E-state index is 4.90. The van der Waals surface area contributed by atoms with Crippen LogP contribution >= 0.6 is 62.3 Å². The third-order valence-corrected chi connectivity index (χ3v) is 6.27. The summed E-state index contributed by atoms with van der Waals surface area (Å²) in [7, 11) is 2.23. The number of nitrogens with zero attached hydrogens (tertiary/aromatic N) is 4. The number of halogens is 3. The highest BCUT2D eigenvalue weighted by Gasteiger charge is 2.18. The molecule has 0 unspecified atom stereocenters. The van der Waals surface area contributed by atoms with Crippen molar-refractivity contribution in [3.05, 3.63) is 47.0 Å². The van der Waals surface area contributed by atoms with Crippen molar-refractivity contribution in [2.45, 2.75) is 32.6 Å². The van der Waals surface area contributed by atoms with Crippen molar-refractivity contribution >= 4 is 67.4 Å². The largest absolute Gasteiger partial charge is 0.346 e. The summed E-state index contributed by atoms with van der Waals surface area (Å²) in [5.74, 6) is 0. The van der Waals surface area contributed by atoms with Crippen LogP contribution in [0, 0.1) is 0 Å². The van der Waals surface area contributed by atoms with Crippen LogP contribution in [0.4, 0.5) is 5.13 Å². The van der Waals surface area contributed by atoms with E-state index in [2.05, 4.69) is 64.4 Å². The fourth-order valence-corrected chi connectivity index (χ4v) is 4.56. The summed E-state index contributed by atoms with van der Waals surface area (Å²) in [4.78, 5) is 12.4. The van der Waals surface area contributed by atoms with Crippen LogP contribution < -0.4 is 4.90 Å². The molecule has 8 heteroatoms. The van der Waals surface area contributed by atoms with Gasteiger partial charge >= 0.3 is 0 Å². The van der Waals surface area contributed by atoms with E-state index in [9.17, 15) is 0 Å². The Labute approximate surface area is 218 Å². The monoisotopic (exact) mass is 626 g/mol. The number of aromatic nitrogens is 1. The van der Waals surface area contributed by atoms with E-state index in [-0.39, 0.29) is 50.9 Å². The van der Waals surface area contributed by atoms with Gasteiger partial charge in [-0.3, -0.25) is 4.90 Å². The van der Waals surface area contributed by atoms with Gasteiger partial charge in [0.15, 0.2) is 5.13 Å². The molecule has 0 N–H and O–H groups in total. The molecule has 2 heterocycles. The van der Waals surface area contributed by atoms with Gasteiger partial charge in [-0.15, -0.1) is 62.3 Å². The van der Waals surface area contributed by atoms with Crippen LogP contribution in [0.5, 0.6) is 0 Å². The van der Waals surface area contributed by atoms with E-state index in [1.165, 1.54) is 48.9 Å². The molecule has 0 saturated carbocycles. The fourth-order valence-electron chi connectivity index (χ4n) is 3.65. The van der Waals surface area contributed by atoms with Crippen molar-refractivity contribution in [1.29, 1.82) is 0 Å². The standard InChI is InChI=1S/C22H34N4S.3BrH/c1-3-12-25-15-17-26(18-16-25)22-23-21(19-27-22)11-14-24(2)13-7-10-20-8-5-4-6-9-20;;;/h4-6,8-9,19H,3,7,10-18H2,1-2H3;3*1H. The fraction of sp³-hybridized carbons (Fsp3) is 0.591. The van der Waals surface area contributed by atoms with Crippen LogP contribution in [0.25, 0.3) is 0 Å². The quantitative estimate of drug-likeness (QED) is 0.346. The average molecular weight is 629 g/mol. The lowest BCUT2D eigenvalue weighted by atomic mass is 10.1. The third kappa shape index (κ3) is 10.1. The molecule has 1 aromatic heterocycles. The number of hydrogen-bond acceptors (Lipinski definition) is 5. The Bertz CT molecular complexity index is 663. The highest BCUT2D eigenvalue weighted by Crippen LogP contribution is 2.22. The minimum Gasteiger partial charge on any atom is -0.346 e. The topological polar surface area (TPSA) is 22.6 Å². The van der Waals surface area contributed by atoms with Gasteiger partial charge in [0.1, 0.15) is 0 Å². The molecule has 0 bridgehead atoms. The molecular formula is C22H37Br3N4S. The molecule has 1 saturated heterocycles. The summed E-state index contributed by atoms with van der Waals surface area (Å²) in [6.45, 7) is 10.3. The molecule has 0 spiro atoms.